The molecule has 1 rings (SSSR count). The van der Waals surface area contributed by atoms with Crippen molar-refractivity contribution in [1.29, 1.82) is 5.26 Å². The molecule has 3 N–H and O–H groups in total. The van der Waals surface area contributed by atoms with Crippen LogP contribution in [0.15, 0.2) is 22.7 Å². The van der Waals surface area contributed by atoms with Crippen LogP contribution in [0.1, 0.15) is 12.0 Å². The minimum Gasteiger partial charge on any atom is -0.481 e. The number of nitrogens with one attached hydrogen (secondary N) is 1. The number of anilines is 1. The number of carboxylic acid groups (broad SMARTS) is 1. The predicted octanol–water partition coefficient (Wildman–Crippen LogP) is 1.57. The van der Waals surface area contributed by atoms with Crippen LogP contribution in [-0.4, -0.2) is 28.8 Å². The molecule has 0 bridgehead atoms. The molecule has 0 amide bonds. The molecule has 1 aromatic rings. The Morgan fingerprint density at radius 3 is 2.88 bits per heavy atom. The number of aliphatic hydroxyl groups is 1. The van der Waals surface area contributed by atoms with Crippen LogP contribution in [0.2, 0.25) is 0 Å². The molecule has 0 aliphatic rings. The Bertz CT molecular complexity index is 457. The zero-order chi connectivity index (χ0) is 12.8. The summed E-state index contributed by atoms with van der Waals surface area (Å²) in [6, 6.07) is 7.10. The number of nitriles is 1. The summed E-state index contributed by atoms with van der Waals surface area (Å²) in [7, 11) is 0. The number of carbonyl (C=O) groups is 1. The van der Waals surface area contributed by atoms with Crippen molar-refractivity contribution < 1.29 is 15.0 Å². The van der Waals surface area contributed by atoms with Gasteiger partial charge in [0.1, 0.15) is 6.07 Å². The van der Waals surface area contributed by atoms with Crippen molar-refractivity contribution in [3.8, 4) is 6.07 Å². The first-order valence-electron chi connectivity index (χ1n) is 4.86. The van der Waals surface area contributed by atoms with Gasteiger partial charge in [-0.15, -0.1) is 0 Å². The highest BCUT2D eigenvalue weighted by Crippen LogP contribution is 2.20. The molecule has 1 atom stereocenters. The van der Waals surface area contributed by atoms with Gasteiger partial charge in [0, 0.05) is 11.0 Å². The standard InChI is InChI=1S/C11H11BrN2O3/c12-8-1-2-10(7(3-8)5-13)14-6-9(15)4-11(16)17/h1-3,9,14-15H,4,6H2,(H,16,17). The van der Waals surface area contributed by atoms with Crippen LogP contribution in [-0.2, 0) is 4.79 Å². The summed E-state index contributed by atoms with van der Waals surface area (Å²) in [5.41, 5.74) is 1.00. The van der Waals surface area contributed by atoms with Gasteiger partial charge in [-0.25, -0.2) is 0 Å². The quantitative estimate of drug-likeness (QED) is 0.767. The van der Waals surface area contributed by atoms with E-state index < -0.39 is 12.1 Å². The molecule has 0 saturated carbocycles. The Hall–Kier alpha value is -1.58. The third kappa shape index (κ3) is 4.43. The van der Waals surface area contributed by atoms with Crippen molar-refractivity contribution in [3.05, 3.63) is 28.2 Å². The Labute approximate surface area is 107 Å². The van der Waals surface area contributed by atoms with Crippen molar-refractivity contribution >= 4 is 27.6 Å². The number of hydrogen-bond donors (Lipinski definition) is 3. The largest absolute Gasteiger partial charge is 0.481 e. The molecule has 0 radical (unpaired) electrons. The van der Waals surface area contributed by atoms with Gasteiger partial charge in [-0.3, -0.25) is 4.79 Å². The van der Waals surface area contributed by atoms with Crippen molar-refractivity contribution in [2.24, 2.45) is 0 Å². The highest BCUT2D eigenvalue weighted by atomic mass is 79.9. The van der Waals surface area contributed by atoms with E-state index >= 15 is 0 Å². The topological polar surface area (TPSA) is 93.4 Å². The summed E-state index contributed by atoms with van der Waals surface area (Å²) >= 11 is 3.24. The van der Waals surface area contributed by atoms with E-state index in [4.69, 9.17) is 10.4 Å². The maximum atomic E-state index is 10.3. The highest BCUT2D eigenvalue weighted by molar-refractivity contribution is 9.10. The van der Waals surface area contributed by atoms with E-state index in [1.807, 2.05) is 6.07 Å². The monoisotopic (exact) mass is 298 g/mol. The fraction of sp³-hybridized carbons (Fsp3) is 0.273. The number of aliphatic hydroxyl groups excluding tert-OH is 1. The molecule has 5 nitrogen and oxygen atoms in total. The molecule has 0 aliphatic carbocycles. The first-order chi connectivity index (χ1) is 8.02. The Morgan fingerprint density at radius 2 is 2.29 bits per heavy atom. The van der Waals surface area contributed by atoms with Gasteiger partial charge < -0.3 is 15.5 Å². The summed E-state index contributed by atoms with van der Waals surface area (Å²) in [6.07, 6.45) is -1.31. The normalized spacial score (nSPS) is 11.6. The summed E-state index contributed by atoms with van der Waals surface area (Å²) in [4.78, 5) is 10.3. The van der Waals surface area contributed by atoms with Gasteiger partial charge in [0.25, 0.3) is 0 Å². The Morgan fingerprint density at radius 1 is 1.59 bits per heavy atom. The second kappa shape index (κ2) is 6.23. The average molecular weight is 299 g/mol. The maximum Gasteiger partial charge on any atom is 0.306 e. The molecule has 0 aromatic heterocycles. The molecule has 17 heavy (non-hydrogen) atoms. The van der Waals surface area contributed by atoms with Gasteiger partial charge >= 0.3 is 5.97 Å². The molecule has 0 fully saturated rings. The molecule has 90 valence electrons. The molecule has 0 heterocycles. The fourth-order valence-corrected chi connectivity index (χ4v) is 1.63. The number of rotatable bonds is 5. The number of nitrogens with zero attached hydrogens (tertiary/aromatic N) is 1. The number of halogens is 1. The fourth-order valence-electron chi connectivity index (χ4n) is 1.26. The second-order valence-electron chi connectivity index (χ2n) is 3.43. The van der Waals surface area contributed by atoms with Crippen molar-refractivity contribution in [2.45, 2.75) is 12.5 Å². The van der Waals surface area contributed by atoms with E-state index in [2.05, 4.69) is 21.2 Å². The second-order valence-corrected chi connectivity index (χ2v) is 4.35. The lowest BCUT2D eigenvalue weighted by Gasteiger charge is -2.12. The van der Waals surface area contributed by atoms with Gasteiger partial charge in [0.05, 0.1) is 23.8 Å². The molecule has 1 unspecified atom stereocenters. The molecule has 0 aliphatic heterocycles. The molecular formula is C11H11BrN2O3. The molecule has 1 aromatic carbocycles. The first-order valence-corrected chi connectivity index (χ1v) is 5.65. The van der Waals surface area contributed by atoms with Gasteiger partial charge in [-0.05, 0) is 18.2 Å². The van der Waals surface area contributed by atoms with Crippen LogP contribution in [0.3, 0.4) is 0 Å². The van der Waals surface area contributed by atoms with Crippen LogP contribution in [0.25, 0.3) is 0 Å². The SMILES string of the molecule is N#Cc1cc(Br)ccc1NCC(O)CC(=O)O. The molecule has 6 heteroatoms. The molecular weight excluding hydrogens is 288 g/mol. The first kappa shape index (κ1) is 13.5. The average Bonchev–Trinajstić information content (AvgIpc) is 2.26. The minimum absolute atomic E-state index is 0.0859. The van der Waals surface area contributed by atoms with E-state index in [9.17, 15) is 9.90 Å². The number of hydrogen-bond acceptors (Lipinski definition) is 4. The lowest BCUT2D eigenvalue weighted by molar-refractivity contribution is -0.138. The zero-order valence-corrected chi connectivity index (χ0v) is 10.4. The summed E-state index contributed by atoms with van der Waals surface area (Å²) in [6.45, 7) is 0.0859. The Balaban J connectivity index is 2.63. The summed E-state index contributed by atoms with van der Waals surface area (Å²) in [5, 5.41) is 29.6. The van der Waals surface area contributed by atoms with Crippen molar-refractivity contribution in [3.63, 3.8) is 0 Å². The Kier molecular flexibility index (Phi) is 4.94. The number of carboxylic acids is 1. The van der Waals surface area contributed by atoms with Crippen molar-refractivity contribution in [1.82, 2.24) is 0 Å². The number of benzene rings is 1. The van der Waals surface area contributed by atoms with E-state index in [-0.39, 0.29) is 13.0 Å². The van der Waals surface area contributed by atoms with E-state index in [0.717, 1.165) is 4.47 Å². The van der Waals surface area contributed by atoms with Gasteiger partial charge in [0.2, 0.25) is 0 Å². The lowest BCUT2D eigenvalue weighted by atomic mass is 10.2. The van der Waals surface area contributed by atoms with Gasteiger partial charge in [-0.2, -0.15) is 5.26 Å². The number of aliphatic carboxylic acids is 1. The van der Waals surface area contributed by atoms with Crippen LogP contribution in [0.4, 0.5) is 5.69 Å². The van der Waals surface area contributed by atoms with E-state index in [1.165, 1.54) is 0 Å². The van der Waals surface area contributed by atoms with Crippen LogP contribution < -0.4 is 5.32 Å². The van der Waals surface area contributed by atoms with E-state index in [1.54, 1.807) is 18.2 Å². The van der Waals surface area contributed by atoms with Crippen LogP contribution in [0, 0.1) is 11.3 Å². The van der Waals surface area contributed by atoms with Crippen LogP contribution >= 0.6 is 15.9 Å². The third-order valence-electron chi connectivity index (χ3n) is 2.04. The van der Waals surface area contributed by atoms with Crippen molar-refractivity contribution in [2.75, 3.05) is 11.9 Å². The molecule has 0 spiro atoms. The van der Waals surface area contributed by atoms with E-state index in [0.29, 0.717) is 11.3 Å². The maximum absolute atomic E-state index is 10.3. The lowest BCUT2D eigenvalue weighted by Crippen LogP contribution is -2.22. The van der Waals surface area contributed by atoms with Crippen LogP contribution in [0.5, 0.6) is 0 Å². The highest BCUT2D eigenvalue weighted by Gasteiger charge is 2.10. The van der Waals surface area contributed by atoms with Gasteiger partial charge in [-0.1, -0.05) is 15.9 Å². The summed E-state index contributed by atoms with van der Waals surface area (Å²) in [5.74, 6) is -1.06. The minimum atomic E-state index is -1.06. The smallest absolute Gasteiger partial charge is 0.306 e. The van der Waals surface area contributed by atoms with Gasteiger partial charge in [0.15, 0.2) is 0 Å². The predicted molar refractivity (Wildman–Crippen MR) is 65.6 cm³/mol. The molecule has 0 saturated heterocycles. The zero-order valence-electron chi connectivity index (χ0n) is 8.85. The summed E-state index contributed by atoms with van der Waals surface area (Å²) < 4.78 is 0.783. The third-order valence-corrected chi connectivity index (χ3v) is 2.53.